The van der Waals surface area contributed by atoms with E-state index in [1.54, 1.807) is 24.3 Å². The van der Waals surface area contributed by atoms with Crippen molar-refractivity contribution in [1.82, 2.24) is 5.32 Å². The number of benzene rings is 1. The second kappa shape index (κ2) is 4.82. The average Bonchev–Trinajstić information content (AvgIpc) is 2.76. The molecule has 0 aliphatic carbocycles. The summed E-state index contributed by atoms with van der Waals surface area (Å²) in [5, 5.41) is 3.55. The predicted octanol–water partition coefficient (Wildman–Crippen LogP) is 1.23. The van der Waals surface area contributed by atoms with Crippen LogP contribution in [0, 0.1) is 0 Å². The first-order valence-corrected chi connectivity index (χ1v) is 5.36. The molecule has 1 saturated heterocycles. The minimum Gasteiger partial charge on any atom is -0.489 e. The van der Waals surface area contributed by atoms with Gasteiger partial charge in [0.2, 0.25) is 5.72 Å². The van der Waals surface area contributed by atoms with Gasteiger partial charge in [0.05, 0.1) is 6.61 Å². The van der Waals surface area contributed by atoms with Crippen molar-refractivity contribution in [3.63, 3.8) is 0 Å². The van der Waals surface area contributed by atoms with E-state index in [1.807, 2.05) is 0 Å². The van der Waals surface area contributed by atoms with Crippen molar-refractivity contribution < 1.29 is 14.3 Å². The van der Waals surface area contributed by atoms with Gasteiger partial charge in [0.1, 0.15) is 12.4 Å². The Morgan fingerprint density at radius 3 is 3.12 bits per heavy atom. The molecular formula is C11H12ClNO3. The molecular weight excluding hydrogens is 230 g/mol. The number of carbonyl (C=O) groups is 1. The van der Waals surface area contributed by atoms with Crippen LogP contribution in [0.15, 0.2) is 24.3 Å². The Morgan fingerprint density at radius 2 is 2.50 bits per heavy atom. The van der Waals surface area contributed by atoms with Crippen LogP contribution in [0.5, 0.6) is 5.75 Å². The average molecular weight is 242 g/mol. The minimum absolute atomic E-state index is 0.136. The van der Waals surface area contributed by atoms with Crippen LogP contribution in [0.2, 0.25) is 5.02 Å². The molecule has 16 heavy (non-hydrogen) atoms. The Hall–Kier alpha value is -1.10. The maximum Gasteiger partial charge on any atom is 0.210 e. The van der Waals surface area contributed by atoms with E-state index >= 15 is 0 Å². The molecule has 1 unspecified atom stereocenters. The van der Waals surface area contributed by atoms with Crippen molar-refractivity contribution in [3.8, 4) is 5.75 Å². The number of rotatable bonds is 4. The van der Waals surface area contributed by atoms with Crippen LogP contribution >= 0.6 is 11.6 Å². The van der Waals surface area contributed by atoms with Crippen molar-refractivity contribution in [2.45, 2.75) is 5.72 Å². The van der Waals surface area contributed by atoms with E-state index in [-0.39, 0.29) is 6.61 Å². The Morgan fingerprint density at radius 1 is 1.62 bits per heavy atom. The van der Waals surface area contributed by atoms with Crippen LogP contribution in [0.3, 0.4) is 0 Å². The third-order valence-corrected chi connectivity index (χ3v) is 2.56. The Labute approximate surface area is 98.5 Å². The summed E-state index contributed by atoms with van der Waals surface area (Å²) in [6, 6.07) is 7.01. The maximum absolute atomic E-state index is 10.9. The van der Waals surface area contributed by atoms with Crippen molar-refractivity contribution >= 4 is 17.9 Å². The highest BCUT2D eigenvalue weighted by molar-refractivity contribution is 6.30. The zero-order chi connectivity index (χ0) is 11.4. The monoisotopic (exact) mass is 241 g/mol. The fourth-order valence-electron chi connectivity index (χ4n) is 1.50. The van der Waals surface area contributed by atoms with Crippen LogP contribution < -0.4 is 10.1 Å². The van der Waals surface area contributed by atoms with Crippen LogP contribution in [0.1, 0.15) is 0 Å². The van der Waals surface area contributed by atoms with E-state index < -0.39 is 5.72 Å². The number of carbonyl (C=O) groups excluding carboxylic acids is 1. The van der Waals surface area contributed by atoms with Crippen molar-refractivity contribution in [2.75, 3.05) is 19.8 Å². The molecule has 4 nitrogen and oxygen atoms in total. The summed E-state index contributed by atoms with van der Waals surface area (Å²) in [5.74, 6) is 0.617. The zero-order valence-corrected chi connectivity index (χ0v) is 9.37. The smallest absolute Gasteiger partial charge is 0.210 e. The molecule has 1 N–H and O–H groups in total. The number of ether oxygens (including phenoxy) is 2. The summed E-state index contributed by atoms with van der Waals surface area (Å²) in [5.41, 5.74) is -1.01. The Balaban J connectivity index is 1.98. The lowest BCUT2D eigenvalue weighted by molar-refractivity contribution is -0.131. The number of nitrogens with one attached hydrogen (secondary N) is 1. The number of halogens is 1. The SMILES string of the molecule is O=CC1(COc2cccc(Cl)c2)NCCO1. The molecule has 1 atom stereocenters. The lowest BCUT2D eigenvalue weighted by Crippen LogP contribution is -2.48. The summed E-state index contributed by atoms with van der Waals surface area (Å²) < 4.78 is 10.8. The molecule has 1 aromatic carbocycles. The molecule has 1 fully saturated rings. The molecule has 1 heterocycles. The predicted molar refractivity (Wildman–Crippen MR) is 59.7 cm³/mol. The Kier molecular flexibility index (Phi) is 3.43. The number of aldehydes is 1. The van der Waals surface area contributed by atoms with Gasteiger partial charge in [0.25, 0.3) is 0 Å². The second-order valence-electron chi connectivity index (χ2n) is 3.53. The van der Waals surface area contributed by atoms with Crippen molar-refractivity contribution in [1.29, 1.82) is 0 Å². The van der Waals surface area contributed by atoms with Gasteiger partial charge in [0, 0.05) is 11.6 Å². The van der Waals surface area contributed by atoms with Gasteiger partial charge >= 0.3 is 0 Å². The molecule has 0 radical (unpaired) electrons. The van der Waals surface area contributed by atoms with Gasteiger partial charge in [-0.1, -0.05) is 17.7 Å². The first-order valence-electron chi connectivity index (χ1n) is 4.98. The lowest BCUT2D eigenvalue weighted by atomic mass is 10.3. The van der Waals surface area contributed by atoms with Gasteiger partial charge in [-0.3, -0.25) is 10.1 Å². The van der Waals surface area contributed by atoms with Gasteiger partial charge in [-0.2, -0.15) is 0 Å². The molecule has 86 valence electrons. The second-order valence-corrected chi connectivity index (χ2v) is 3.97. The van der Waals surface area contributed by atoms with Crippen LogP contribution in [0.25, 0.3) is 0 Å². The first-order chi connectivity index (χ1) is 7.74. The molecule has 0 amide bonds. The van der Waals surface area contributed by atoms with Crippen LogP contribution in [-0.4, -0.2) is 31.8 Å². The normalized spacial score (nSPS) is 24.3. The molecule has 0 aromatic heterocycles. The molecule has 2 rings (SSSR count). The maximum atomic E-state index is 10.9. The van der Waals surface area contributed by atoms with E-state index in [4.69, 9.17) is 21.1 Å². The fourth-order valence-corrected chi connectivity index (χ4v) is 1.68. The number of hydrogen-bond acceptors (Lipinski definition) is 4. The lowest BCUT2D eigenvalue weighted by Gasteiger charge is -2.21. The van der Waals surface area contributed by atoms with Gasteiger partial charge in [-0.25, -0.2) is 0 Å². The molecule has 0 spiro atoms. The quantitative estimate of drug-likeness (QED) is 0.806. The third kappa shape index (κ3) is 2.52. The van der Waals surface area contributed by atoms with Gasteiger partial charge in [0.15, 0.2) is 6.29 Å². The van der Waals surface area contributed by atoms with Gasteiger partial charge < -0.3 is 9.47 Å². The third-order valence-electron chi connectivity index (χ3n) is 2.33. The van der Waals surface area contributed by atoms with Gasteiger partial charge in [-0.15, -0.1) is 0 Å². The summed E-state index contributed by atoms with van der Waals surface area (Å²) >= 11 is 5.81. The first kappa shape index (κ1) is 11.4. The van der Waals surface area contributed by atoms with E-state index in [0.29, 0.717) is 23.9 Å². The van der Waals surface area contributed by atoms with Gasteiger partial charge in [-0.05, 0) is 18.2 Å². The molecule has 1 aliphatic rings. The fraction of sp³-hybridized carbons (Fsp3) is 0.364. The largest absolute Gasteiger partial charge is 0.489 e. The van der Waals surface area contributed by atoms with E-state index in [9.17, 15) is 4.79 Å². The standard InChI is InChI=1S/C11H12ClNO3/c12-9-2-1-3-10(6-9)15-8-11(7-14)13-4-5-16-11/h1-3,6-7,13H,4-5,8H2. The Bertz CT molecular complexity index is 377. The highest BCUT2D eigenvalue weighted by atomic mass is 35.5. The van der Waals surface area contributed by atoms with E-state index in [2.05, 4.69) is 5.32 Å². The van der Waals surface area contributed by atoms with Crippen molar-refractivity contribution in [3.05, 3.63) is 29.3 Å². The summed E-state index contributed by atoms with van der Waals surface area (Å²) in [6.45, 7) is 1.30. The summed E-state index contributed by atoms with van der Waals surface area (Å²) in [7, 11) is 0. The topological polar surface area (TPSA) is 47.6 Å². The van der Waals surface area contributed by atoms with E-state index in [1.165, 1.54) is 0 Å². The molecule has 1 aliphatic heterocycles. The van der Waals surface area contributed by atoms with Crippen LogP contribution in [0.4, 0.5) is 0 Å². The zero-order valence-electron chi connectivity index (χ0n) is 8.61. The molecule has 1 aromatic rings. The highest BCUT2D eigenvalue weighted by Gasteiger charge is 2.35. The minimum atomic E-state index is -1.01. The summed E-state index contributed by atoms with van der Waals surface area (Å²) in [4.78, 5) is 10.9. The molecule has 0 bridgehead atoms. The highest BCUT2D eigenvalue weighted by Crippen LogP contribution is 2.19. The number of hydrogen-bond donors (Lipinski definition) is 1. The van der Waals surface area contributed by atoms with E-state index in [0.717, 1.165) is 6.29 Å². The van der Waals surface area contributed by atoms with Crippen LogP contribution in [-0.2, 0) is 9.53 Å². The summed E-state index contributed by atoms with van der Waals surface area (Å²) in [6.07, 6.45) is 0.727. The van der Waals surface area contributed by atoms with Crippen molar-refractivity contribution in [2.24, 2.45) is 0 Å². The molecule has 0 saturated carbocycles. The molecule has 5 heteroatoms.